The van der Waals surface area contributed by atoms with Crippen molar-refractivity contribution in [2.24, 2.45) is 0 Å². The van der Waals surface area contributed by atoms with Crippen LogP contribution >= 0.6 is 58.2 Å². The van der Waals surface area contributed by atoms with Gasteiger partial charge in [-0.05, 0) is 64.6 Å². The topological polar surface area (TPSA) is 29.5 Å². The van der Waals surface area contributed by atoms with Crippen molar-refractivity contribution in [3.05, 3.63) is 61.3 Å². The van der Waals surface area contributed by atoms with E-state index < -0.39 is 5.82 Å². The second-order valence-corrected chi connectivity index (χ2v) is 8.25. The number of halogens is 3. The minimum Gasteiger partial charge on any atom is -0.496 e. The molecule has 128 valence electrons. The van der Waals surface area contributed by atoms with Crippen LogP contribution in [-0.2, 0) is 4.79 Å². The van der Waals surface area contributed by atoms with Crippen molar-refractivity contribution in [1.82, 2.24) is 0 Å². The number of methoxy groups -OCH3 is 1. The molecule has 2 aromatic rings. The van der Waals surface area contributed by atoms with Gasteiger partial charge < -0.3 is 4.74 Å². The summed E-state index contributed by atoms with van der Waals surface area (Å²) in [7, 11) is 1.61. The average molecular weight is 506 g/mol. The summed E-state index contributed by atoms with van der Waals surface area (Å²) < 4.78 is 19.9. The summed E-state index contributed by atoms with van der Waals surface area (Å²) in [4.78, 5) is 14.6. The maximum Gasteiger partial charge on any atom is 0.270 e. The molecule has 3 nitrogen and oxygen atoms in total. The molecule has 0 unspecified atom stereocenters. The molecule has 2 aromatic carbocycles. The lowest BCUT2D eigenvalue weighted by Crippen LogP contribution is -2.27. The first kappa shape index (κ1) is 18.6. The monoisotopic (exact) mass is 505 g/mol. The highest BCUT2D eigenvalue weighted by atomic mass is 127. The van der Waals surface area contributed by atoms with Crippen molar-refractivity contribution in [1.29, 1.82) is 0 Å². The Morgan fingerprint density at radius 3 is 2.72 bits per heavy atom. The first-order valence-electron chi connectivity index (χ1n) is 6.97. The molecular weight excluding hydrogens is 496 g/mol. The van der Waals surface area contributed by atoms with E-state index in [1.165, 1.54) is 34.9 Å². The summed E-state index contributed by atoms with van der Waals surface area (Å²) in [6.07, 6.45) is 1.77. The molecule has 0 spiro atoms. The largest absolute Gasteiger partial charge is 0.496 e. The molecule has 1 amide bonds. The summed E-state index contributed by atoms with van der Waals surface area (Å²) in [5, 5.41) is -0.0553. The first-order valence-corrected chi connectivity index (χ1v) is 9.65. The number of benzene rings is 2. The van der Waals surface area contributed by atoms with Gasteiger partial charge in [-0.15, -0.1) is 0 Å². The zero-order chi connectivity index (χ0) is 18.1. The lowest BCUT2D eigenvalue weighted by molar-refractivity contribution is -0.113. The van der Waals surface area contributed by atoms with Crippen LogP contribution in [0.25, 0.3) is 6.08 Å². The van der Waals surface area contributed by atoms with Gasteiger partial charge in [0.15, 0.2) is 4.32 Å². The summed E-state index contributed by atoms with van der Waals surface area (Å²) in [6.45, 7) is 0. The summed E-state index contributed by atoms with van der Waals surface area (Å²) in [6, 6.07) is 9.70. The standard InChI is InChI=1S/C17H10ClFINO2S2/c1-23-14-5-2-9(6-13(14)20)7-15-16(22)21(17(24)25-15)10-3-4-12(19)11(18)8-10/h2-8H,1H3/b15-7-. The lowest BCUT2D eigenvalue weighted by Gasteiger charge is -2.14. The Labute approximate surface area is 172 Å². The number of thiocarbonyl (C=S) groups is 1. The van der Waals surface area contributed by atoms with Gasteiger partial charge in [-0.2, -0.15) is 0 Å². The summed E-state index contributed by atoms with van der Waals surface area (Å²) >= 11 is 14.5. The van der Waals surface area contributed by atoms with Crippen LogP contribution in [0.5, 0.6) is 5.75 Å². The van der Waals surface area contributed by atoms with E-state index in [1.807, 2.05) is 18.2 Å². The molecule has 1 aliphatic heterocycles. The van der Waals surface area contributed by atoms with Crippen molar-refractivity contribution in [2.45, 2.75) is 0 Å². The van der Waals surface area contributed by atoms with Crippen LogP contribution < -0.4 is 9.64 Å². The minimum absolute atomic E-state index is 0.0553. The third-order valence-corrected chi connectivity index (χ3v) is 5.86. The van der Waals surface area contributed by atoms with Crippen LogP contribution in [0.4, 0.5) is 10.1 Å². The molecule has 0 bridgehead atoms. The number of carbonyl (C=O) groups is 1. The van der Waals surface area contributed by atoms with E-state index in [1.54, 1.807) is 13.2 Å². The second-order valence-electron chi connectivity index (χ2n) is 5.01. The zero-order valence-corrected chi connectivity index (χ0v) is 17.3. The van der Waals surface area contributed by atoms with Crippen molar-refractivity contribution >= 4 is 80.2 Å². The zero-order valence-electron chi connectivity index (χ0n) is 12.8. The van der Waals surface area contributed by atoms with Crippen LogP contribution in [0.3, 0.4) is 0 Å². The van der Waals surface area contributed by atoms with Gasteiger partial charge in [0.1, 0.15) is 11.6 Å². The molecule has 0 aliphatic carbocycles. The van der Waals surface area contributed by atoms with Gasteiger partial charge in [0.05, 0.1) is 26.3 Å². The Hall–Kier alpha value is -1.16. The number of ether oxygens (including phenoxy) is 1. The fourth-order valence-electron chi connectivity index (χ4n) is 2.24. The molecule has 1 aliphatic rings. The second kappa shape index (κ2) is 7.61. The quantitative estimate of drug-likeness (QED) is 0.313. The van der Waals surface area contributed by atoms with Crippen molar-refractivity contribution in [3.63, 3.8) is 0 Å². The van der Waals surface area contributed by atoms with Gasteiger partial charge in [-0.1, -0.05) is 41.6 Å². The van der Waals surface area contributed by atoms with E-state index in [2.05, 4.69) is 22.6 Å². The Morgan fingerprint density at radius 1 is 1.32 bits per heavy atom. The van der Waals surface area contributed by atoms with Crippen molar-refractivity contribution < 1.29 is 13.9 Å². The Morgan fingerprint density at radius 2 is 2.08 bits per heavy atom. The van der Waals surface area contributed by atoms with E-state index in [0.717, 1.165) is 14.9 Å². The van der Waals surface area contributed by atoms with Crippen LogP contribution in [0.1, 0.15) is 5.56 Å². The molecule has 0 N–H and O–H groups in total. The van der Waals surface area contributed by atoms with Crippen LogP contribution in [0.15, 0.2) is 41.3 Å². The van der Waals surface area contributed by atoms with Gasteiger partial charge in [-0.3, -0.25) is 9.69 Å². The van der Waals surface area contributed by atoms with E-state index in [4.69, 9.17) is 28.6 Å². The molecule has 0 aromatic heterocycles. The summed E-state index contributed by atoms with van der Waals surface area (Å²) in [5.41, 5.74) is 1.31. The maximum atomic E-state index is 13.3. The molecule has 3 rings (SSSR count). The van der Waals surface area contributed by atoms with Gasteiger partial charge in [0.2, 0.25) is 0 Å². The molecule has 8 heteroatoms. The number of nitrogens with zero attached hydrogens (tertiary/aromatic N) is 1. The normalized spacial score (nSPS) is 16.0. The van der Waals surface area contributed by atoms with Gasteiger partial charge in [0.25, 0.3) is 5.91 Å². The smallest absolute Gasteiger partial charge is 0.270 e. The highest BCUT2D eigenvalue weighted by molar-refractivity contribution is 14.1. The van der Waals surface area contributed by atoms with E-state index in [0.29, 0.717) is 14.9 Å². The van der Waals surface area contributed by atoms with Crippen LogP contribution in [0.2, 0.25) is 5.02 Å². The Kier molecular flexibility index (Phi) is 5.67. The molecule has 0 saturated carbocycles. The van der Waals surface area contributed by atoms with Crippen LogP contribution in [-0.4, -0.2) is 17.3 Å². The minimum atomic E-state index is -0.542. The first-order chi connectivity index (χ1) is 11.9. The highest BCUT2D eigenvalue weighted by Crippen LogP contribution is 2.37. The maximum absolute atomic E-state index is 13.3. The number of rotatable bonds is 3. The molecule has 0 radical (unpaired) electrons. The third kappa shape index (κ3) is 3.84. The fraction of sp³-hybridized carbons (Fsp3) is 0.0588. The SMILES string of the molecule is COc1ccc(/C=C2\SC(=S)N(c3ccc(F)c(Cl)c3)C2=O)cc1I. The van der Waals surface area contributed by atoms with Crippen LogP contribution in [0, 0.1) is 9.39 Å². The molecule has 0 atom stereocenters. The molecule has 25 heavy (non-hydrogen) atoms. The number of anilines is 1. The predicted molar refractivity (Wildman–Crippen MR) is 113 cm³/mol. The van der Waals surface area contributed by atoms with Crippen molar-refractivity contribution in [3.8, 4) is 5.75 Å². The lowest BCUT2D eigenvalue weighted by atomic mass is 10.2. The number of amides is 1. The van der Waals surface area contributed by atoms with E-state index >= 15 is 0 Å². The Bertz CT molecular complexity index is 920. The highest BCUT2D eigenvalue weighted by Gasteiger charge is 2.33. The number of carbonyl (C=O) groups excluding carboxylic acids is 1. The Balaban J connectivity index is 1.92. The number of hydrogen-bond donors (Lipinski definition) is 0. The molecule has 1 fully saturated rings. The van der Waals surface area contributed by atoms with E-state index in [9.17, 15) is 9.18 Å². The third-order valence-electron chi connectivity index (χ3n) is 3.43. The summed E-state index contributed by atoms with van der Waals surface area (Å²) in [5.74, 6) is -0.0334. The van der Waals surface area contributed by atoms with Gasteiger partial charge in [0, 0.05) is 0 Å². The van der Waals surface area contributed by atoms with Crippen molar-refractivity contribution in [2.75, 3.05) is 12.0 Å². The molecular formula is C17H10ClFINO2S2. The van der Waals surface area contributed by atoms with Gasteiger partial charge in [-0.25, -0.2) is 4.39 Å². The molecule has 1 heterocycles. The fourth-order valence-corrected chi connectivity index (χ4v) is 4.47. The van der Waals surface area contributed by atoms with Gasteiger partial charge >= 0.3 is 0 Å². The predicted octanol–water partition coefficient (Wildman–Crippen LogP) is 5.50. The average Bonchev–Trinajstić information content (AvgIpc) is 2.84. The number of thioether (sulfide) groups is 1. The molecule has 1 saturated heterocycles. The number of hydrogen-bond acceptors (Lipinski definition) is 4. The van der Waals surface area contributed by atoms with E-state index in [-0.39, 0.29) is 10.9 Å².